The van der Waals surface area contributed by atoms with Gasteiger partial charge in [-0.3, -0.25) is 9.69 Å². The van der Waals surface area contributed by atoms with Gasteiger partial charge in [-0.15, -0.1) is 0 Å². The summed E-state index contributed by atoms with van der Waals surface area (Å²) in [4.78, 5) is 29.6. The Bertz CT molecular complexity index is 783. The molecule has 0 aromatic carbocycles. The zero-order valence-corrected chi connectivity index (χ0v) is 16.6. The number of aliphatic hydroxyl groups excluding tert-OH is 1. The Balaban J connectivity index is 2.10. The normalized spacial score (nSPS) is 15.6. The number of hydrogen-bond acceptors (Lipinski definition) is 4. The van der Waals surface area contributed by atoms with Crippen molar-refractivity contribution in [2.24, 2.45) is 0 Å². The summed E-state index contributed by atoms with van der Waals surface area (Å²) in [6.45, 7) is 8.16. The zero-order chi connectivity index (χ0) is 20.5. The third kappa shape index (κ3) is 5.63. The van der Waals surface area contributed by atoms with Crippen molar-refractivity contribution in [1.29, 1.82) is 0 Å². The number of hydrogen-bond donors (Lipinski definition) is 2. The van der Waals surface area contributed by atoms with Gasteiger partial charge in [-0.1, -0.05) is 44.6 Å². The molecule has 2 heterocycles. The highest BCUT2D eigenvalue weighted by Crippen LogP contribution is 2.25. The average molecular weight is 383 g/mol. The number of nitrogens with one attached hydrogen (secondary N) is 1. The summed E-state index contributed by atoms with van der Waals surface area (Å²) in [5.74, 6) is 0.540. The number of fused-ring (bicyclic) bond motifs is 1. The van der Waals surface area contributed by atoms with E-state index in [4.69, 9.17) is 0 Å². The van der Waals surface area contributed by atoms with Crippen LogP contribution in [-0.4, -0.2) is 35.1 Å². The second kappa shape index (κ2) is 10.6. The van der Waals surface area contributed by atoms with Gasteiger partial charge in [0.05, 0.1) is 6.10 Å². The van der Waals surface area contributed by atoms with Gasteiger partial charge < -0.3 is 10.4 Å². The molecule has 1 aromatic heterocycles. The third-order valence-corrected chi connectivity index (χ3v) is 4.71. The Kier molecular flexibility index (Phi) is 8.14. The zero-order valence-electron chi connectivity index (χ0n) is 16.6. The molecule has 6 heteroatoms. The van der Waals surface area contributed by atoms with Crippen LogP contribution in [0.25, 0.3) is 0 Å². The first kappa shape index (κ1) is 21.6. The van der Waals surface area contributed by atoms with Gasteiger partial charge in [0.25, 0.3) is 0 Å². The maximum absolute atomic E-state index is 12.7. The van der Waals surface area contributed by atoms with Crippen LogP contribution < -0.4 is 10.2 Å². The largest absolute Gasteiger partial charge is 0.388 e. The van der Waals surface area contributed by atoms with Crippen LogP contribution >= 0.6 is 0 Å². The molecule has 0 fully saturated rings. The molecule has 1 aromatic rings. The number of urea groups is 1. The molecule has 2 amide bonds. The van der Waals surface area contributed by atoms with E-state index in [-0.39, 0.29) is 6.03 Å². The minimum absolute atomic E-state index is 0.287. The highest BCUT2D eigenvalue weighted by atomic mass is 16.3. The van der Waals surface area contributed by atoms with Crippen molar-refractivity contribution >= 4 is 18.1 Å². The molecule has 0 saturated heterocycles. The van der Waals surface area contributed by atoms with Gasteiger partial charge in [-0.25, -0.2) is 9.78 Å². The number of aldehydes is 1. The number of aromatic nitrogens is 1. The Morgan fingerprint density at radius 1 is 1.43 bits per heavy atom. The van der Waals surface area contributed by atoms with Crippen molar-refractivity contribution in [3.05, 3.63) is 59.5 Å². The highest BCUT2D eigenvalue weighted by molar-refractivity contribution is 5.93. The number of aliphatic hydroxyl groups is 1. The number of allylic oxidation sites excluding steroid dienone is 3. The van der Waals surface area contributed by atoms with Crippen LogP contribution in [0.1, 0.15) is 55.6 Å². The predicted octanol–water partition coefficient (Wildman–Crippen LogP) is 3.92. The Morgan fingerprint density at radius 3 is 2.89 bits per heavy atom. The van der Waals surface area contributed by atoms with Crippen LogP contribution in [0.5, 0.6) is 0 Å². The minimum atomic E-state index is -0.558. The SMILES string of the molecule is C=C/C(=C\C=C(/C)NC(=O)N1CCCc2ccc(C=O)nc21)C(O)CCCC. The molecule has 1 atom stereocenters. The molecule has 150 valence electrons. The lowest BCUT2D eigenvalue weighted by Gasteiger charge is -2.28. The van der Waals surface area contributed by atoms with E-state index in [1.54, 1.807) is 36.1 Å². The van der Waals surface area contributed by atoms with Crippen molar-refractivity contribution in [2.45, 2.75) is 52.1 Å². The van der Waals surface area contributed by atoms with Gasteiger partial charge in [0, 0.05) is 12.2 Å². The summed E-state index contributed by atoms with van der Waals surface area (Å²) in [7, 11) is 0. The van der Waals surface area contributed by atoms with Crippen LogP contribution in [0.3, 0.4) is 0 Å². The molecule has 0 spiro atoms. The summed E-state index contributed by atoms with van der Waals surface area (Å²) in [5.41, 5.74) is 2.64. The van der Waals surface area contributed by atoms with Crippen molar-refractivity contribution < 1.29 is 14.7 Å². The number of amides is 2. The second-order valence-electron chi connectivity index (χ2n) is 6.90. The number of pyridine rings is 1. The topological polar surface area (TPSA) is 82.5 Å². The maximum atomic E-state index is 12.7. The van der Waals surface area contributed by atoms with E-state index in [0.717, 1.165) is 36.8 Å². The van der Waals surface area contributed by atoms with Gasteiger partial charge in [-0.2, -0.15) is 0 Å². The lowest BCUT2D eigenvalue weighted by molar-refractivity contribution is 0.111. The van der Waals surface area contributed by atoms with Crippen molar-refractivity contribution in [1.82, 2.24) is 10.3 Å². The maximum Gasteiger partial charge on any atom is 0.327 e. The highest BCUT2D eigenvalue weighted by Gasteiger charge is 2.24. The molecule has 6 nitrogen and oxygen atoms in total. The van der Waals surface area contributed by atoms with Crippen LogP contribution in [0.15, 0.2) is 48.2 Å². The molecule has 1 unspecified atom stereocenters. The van der Waals surface area contributed by atoms with Crippen molar-refractivity contribution in [2.75, 3.05) is 11.4 Å². The Labute approximate surface area is 166 Å². The summed E-state index contributed by atoms with van der Waals surface area (Å²) in [6, 6.07) is 3.24. The van der Waals surface area contributed by atoms with Gasteiger partial charge in [-0.05, 0) is 49.5 Å². The molecule has 0 aliphatic carbocycles. The van der Waals surface area contributed by atoms with E-state index in [0.29, 0.717) is 36.5 Å². The minimum Gasteiger partial charge on any atom is -0.388 e. The number of anilines is 1. The number of nitrogens with zero attached hydrogens (tertiary/aromatic N) is 2. The first-order chi connectivity index (χ1) is 13.5. The smallest absolute Gasteiger partial charge is 0.327 e. The summed E-state index contributed by atoms with van der Waals surface area (Å²) < 4.78 is 0. The van der Waals surface area contributed by atoms with Gasteiger partial charge in [0.15, 0.2) is 6.29 Å². The monoisotopic (exact) mass is 383 g/mol. The first-order valence-corrected chi connectivity index (χ1v) is 9.72. The van der Waals surface area contributed by atoms with Crippen LogP contribution in [-0.2, 0) is 6.42 Å². The van der Waals surface area contributed by atoms with Gasteiger partial charge >= 0.3 is 6.03 Å². The molecule has 2 rings (SSSR count). The first-order valence-electron chi connectivity index (χ1n) is 9.72. The molecule has 0 bridgehead atoms. The molecule has 1 aliphatic heterocycles. The van der Waals surface area contributed by atoms with Crippen LogP contribution in [0, 0.1) is 0 Å². The van der Waals surface area contributed by atoms with E-state index in [1.807, 2.05) is 6.07 Å². The Hall–Kier alpha value is -2.73. The third-order valence-electron chi connectivity index (χ3n) is 4.71. The number of carbonyl (C=O) groups is 2. The summed E-state index contributed by atoms with van der Waals surface area (Å²) in [5, 5.41) is 13.0. The molecule has 0 radical (unpaired) electrons. The number of rotatable bonds is 8. The van der Waals surface area contributed by atoms with Gasteiger partial charge in [0.1, 0.15) is 11.5 Å². The quantitative estimate of drug-likeness (QED) is 0.526. The fourth-order valence-electron chi connectivity index (χ4n) is 3.10. The van der Waals surface area contributed by atoms with Crippen molar-refractivity contribution in [3.8, 4) is 0 Å². The Morgan fingerprint density at radius 2 is 2.21 bits per heavy atom. The fraction of sp³-hybridized carbons (Fsp3) is 0.409. The molecular formula is C22H29N3O3. The molecule has 1 aliphatic rings. The van der Waals surface area contributed by atoms with E-state index in [9.17, 15) is 14.7 Å². The van der Waals surface area contributed by atoms with E-state index in [1.165, 1.54) is 0 Å². The van der Waals surface area contributed by atoms with E-state index >= 15 is 0 Å². The summed E-state index contributed by atoms with van der Waals surface area (Å²) in [6.07, 6.45) is 9.61. The van der Waals surface area contributed by atoms with Gasteiger partial charge in [0.2, 0.25) is 0 Å². The molecular weight excluding hydrogens is 354 g/mol. The van der Waals surface area contributed by atoms with Crippen LogP contribution in [0.2, 0.25) is 0 Å². The number of unbranched alkanes of at least 4 members (excludes halogenated alkanes) is 1. The van der Waals surface area contributed by atoms with E-state index in [2.05, 4.69) is 23.8 Å². The summed E-state index contributed by atoms with van der Waals surface area (Å²) >= 11 is 0. The van der Waals surface area contributed by atoms with E-state index < -0.39 is 6.10 Å². The number of carbonyl (C=O) groups excluding carboxylic acids is 2. The fourth-order valence-corrected chi connectivity index (χ4v) is 3.10. The molecule has 2 N–H and O–H groups in total. The number of aryl methyl sites for hydroxylation is 1. The lowest BCUT2D eigenvalue weighted by atomic mass is 10.0. The average Bonchev–Trinajstić information content (AvgIpc) is 2.71. The molecule has 28 heavy (non-hydrogen) atoms. The second-order valence-corrected chi connectivity index (χ2v) is 6.90. The standard InChI is InChI=1S/C22H29N3O3/c1-4-6-9-20(27)17(5-2)11-10-16(3)23-22(28)25-14-7-8-18-12-13-19(15-26)24-21(18)25/h5,10-13,15,20,27H,2,4,6-9,14H2,1,3H3,(H,23,28)/b16-10+,17-11+. The lowest BCUT2D eigenvalue weighted by Crippen LogP contribution is -2.42. The van der Waals surface area contributed by atoms with Crippen LogP contribution in [0.4, 0.5) is 10.6 Å². The molecule has 0 saturated carbocycles. The predicted molar refractivity (Wildman–Crippen MR) is 111 cm³/mol. The van der Waals surface area contributed by atoms with Crippen molar-refractivity contribution in [3.63, 3.8) is 0 Å².